The van der Waals surface area contributed by atoms with Crippen molar-refractivity contribution in [2.45, 2.75) is 45.7 Å². The van der Waals surface area contributed by atoms with Crippen LogP contribution in [0.4, 0.5) is 5.69 Å². The maximum absolute atomic E-state index is 13.3. The fraction of sp³-hybridized carbons (Fsp3) is 0.448. The molecule has 1 aliphatic rings. The second-order valence-corrected chi connectivity index (χ2v) is 10.9. The van der Waals surface area contributed by atoms with Crippen molar-refractivity contribution in [3.05, 3.63) is 60.0 Å². The Hall–Kier alpha value is -3.72. The molecule has 0 saturated carbocycles. The van der Waals surface area contributed by atoms with Gasteiger partial charge in [-0.25, -0.2) is 4.98 Å². The van der Waals surface area contributed by atoms with Crippen LogP contribution in [0.2, 0.25) is 0 Å². The van der Waals surface area contributed by atoms with E-state index >= 15 is 0 Å². The summed E-state index contributed by atoms with van der Waals surface area (Å²) in [5, 5.41) is 5.67. The molecule has 2 heterocycles. The molecule has 9 heteroatoms. The minimum atomic E-state index is -1.29. The standard InChI is InChI=1S/C29H37N5O4/c1-19(2)18-23(30-26(36)20-10-12-21(13-11-20)34-16-14-33(5)15-17-34)27(37)32-29(3,4)25(35)28-31-22-8-6-7-9-24(22)38-28/h6-13,19,23H,14-18H2,1-5H3,(H,30,36)(H,32,37)/t23-/m0/s1. The number of rotatable bonds is 9. The number of amides is 2. The summed E-state index contributed by atoms with van der Waals surface area (Å²) in [6, 6.07) is 13.8. The summed E-state index contributed by atoms with van der Waals surface area (Å²) in [6.07, 6.45) is 0.421. The monoisotopic (exact) mass is 519 g/mol. The molecule has 1 aromatic heterocycles. The zero-order chi connectivity index (χ0) is 27.4. The predicted octanol–water partition coefficient (Wildman–Crippen LogP) is 3.50. The van der Waals surface area contributed by atoms with Crippen molar-refractivity contribution in [3.63, 3.8) is 0 Å². The molecule has 0 spiro atoms. The lowest BCUT2D eigenvalue weighted by Crippen LogP contribution is -2.56. The maximum atomic E-state index is 13.3. The largest absolute Gasteiger partial charge is 0.434 e. The molecule has 2 aromatic carbocycles. The number of piperazine rings is 1. The lowest BCUT2D eigenvalue weighted by molar-refractivity contribution is -0.124. The molecule has 0 aliphatic carbocycles. The summed E-state index contributed by atoms with van der Waals surface area (Å²) in [7, 11) is 2.11. The van der Waals surface area contributed by atoms with Crippen LogP contribution in [0, 0.1) is 5.92 Å². The van der Waals surface area contributed by atoms with Crippen molar-refractivity contribution in [2.24, 2.45) is 5.92 Å². The number of hydrogen-bond acceptors (Lipinski definition) is 7. The average Bonchev–Trinajstić information content (AvgIpc) is 3.32. The van der Waals surface area contributed by atoms with Gasteiger partial charge < -0.3 is 24.9 Å². The lowest BCUT2D eigenvalue weighted by atomic mass is 9.96. The number of Topliss-reactive ketones (excluding diaryl/α,β-unsaturated/α-hetero) is 1. The van der Waals surface area contributed by atoms with E-state index in [1.165, 1.54) is 0 Å². The van der Waals surface area contributed by atoms with E-state index in [-0.39, 0.29) is 17.7 Å². The smallest absolute Gasteiger partial charge is 0.266 e. The molecule has 0 unspecified atom stereocenters. The molecule has 4 rings (SSSR count). The van der Waals surface area contributed by atoms with Crippen LogP contribution in [-0.2, 0) is 4.79 Å². The average molecular weight is 520 g/mol. The van der Waals surface area contributed by atoms with E-state index in [9.17, 15) is 14.4 Å². The van der Waals surface area contributed by atoms with Gasteiger partial charge in [0.1, 0.15) is 17.1 Å². The van der Waals surface area contributed by atoms with Gasteiger partial charge in [-0.1, -0.05) is 26.0 Å². The number of anilines is 1. The van der Waals surface area contributed by atoms with E-state index in [1.54, 1.807) is 44.2 Å². The molecular weight excluding hydrogens is 482 g/mol. The number of aromatic nitrogens is 1. The van der Waals surface area contributed by atoms with E-state index in [2.05, 4.69) is 32.5 Å². The zero-order valence-electron chi connectivity index (χ0n) is 22.8. The molecule has 9 nitrogen and oxygen atoms in total. The van der Waals surface area contributed by atoms with Gasteiger partial charge in [0, 0.05) is 37.4 Å². The topological polar surface area (TPSA) is 108 Å². The summed E-state index contributed by atoms with van der Waals surface area (Å²) in [5.74, 6) is -1.14. The number of hydrogen-bond donors (Lipinski definition) is 2. The van der Waals surface area contributed by atoms with Crippen LogP contribution in [0.25, 0.3) is 11.1 Å². The highest BCUT2D eigenvalue weighted by molar-refractivity contribution is 6.04. The summed E-state index contributed by atoms with van der Waals surface area (Å²) < 4.78 is 5.62. The first-order valence-corrected chi connectivity index (χ1v) is 13.1. The molecule has 2 N–H and O–H groups in total. The number of benzene rings is 2. The number of ketones is 1. The van der Waals surface area contributed by atoms with Gasteiger partial charge >= 0.3 is 0 Å². The van der Waals surface area contributed by atoms with Crippen molar-refractivity contribution in [1.29, 1.82) is 0 Å². The molecule has 2 amide bonds. The summed E-state index contributed by atoms with van der Waals surface area (Å²) >= 11 is 0. The Morgan fingerprint density at radius 3 is 2.29 bits per heavy atom. The molecule has 1 aliphatic heterocycles. The number of likely N-dealkylation sites (N-methyl/N-ethyl adjacent to an activating group) is 1. The zero-order valence-corrected chi connectivity index (χ0v) is 22.8. The molecular formula is C29H37N5O4. The van der Waals surface area contributed by atoms with Crippen molar-refractivity contribution in [3.8, 4) is 0 Å². The first-order chi connectivity index (χ1) is 18.0. The first kappa shape index (κ1) is 27.3. The van der Waals surface area contributed by atoms with E-state index < -0.39 is 23.3 Å². The van der Waals surface area contributed by atoms with Crippen molar-refractivity contribution < 1.29 is 18.8 Å². The van der Waals surface area contributed by atoms with Gasteiger partial charge in [0.05, 0.1) is 0 Å². The van der Waals surface area contributed by atoms with Gasteiger partial charge in [-0.05, 0) is 69.6 Å². The SMILES string of the molecule is CC(C)C[C@H](NC(=O)c1ccc(N2CCN(C)CC2)cc1)C(=O)NC(C)(C)C(=O)c1nc2ccccc2o1. The van der Waals surface area contributed by atoms with Crippen LogP contribution in [0.3, 0.4) is 0 Å². The molecule has 202 valence electrons. The minimum absolute atomic E-state index is 0.0682. The van der Waals surface area contributed by atoms with E-state index in [1.807, 2.05) is 32.0 Å². The van der Waals surface area contributed by atoms with Crippen molar-refractivity contribution >= 4 is 34.4 Å². The number of para-hydroxylation sites is 2. The normalized spacial score (nSPS) is 15.5. The van der Waals surface area contributed by atoms with Crippen LogP contribution in [0.1, 0.15) is 55.2 Å². The molecule has 38 heavy (non-hydrogen) atoms. The number of carbonyl (C=O) groups is 3. The van der Waals surface area contributed by atoms with Gasteiger partial charge in [0.2, 0.25) is 11.7 Å². The quantitative estimate of drug-likeness (QED) is 0.417. The minimum Gasteiger partial charge on any atom is -0.434 e. The van der Waals surface area contributed by atoms with Gasteiger partial charge in [0.25, 0.3) is 11.8 Å². The molecule has 3 aromatic rings. The van der Waals surface area contributed by atoms with Gasteiger partial charge in [0.15, 0.2) is 5.58 Å². The van der Waals surface area contributed by atoms with Crippen LogP contribution >= 0.6 is 0 Å². The lowest BCUT2D eigenvalue weighted by Gasteiger charge is -2.34. The van der Waals surface area contributed by atoms with Gasteiger partial charge in [-0.2, -0.15) is 0 Å². The number of nitrogens with one attached hydrogen (secondary N) is 2. The number of oxazole rings is 1. The molecule has 0 radical (unpaired) electrons. The number of fused-ring (bicyclic) bond motifs is 1. The fourth-order valence-electron chi connectivity index (χ4n) is 4.52. The van der Waals surface area contributed by atoms with E-state index in [0.29, 0.717) is 23.1 Å². The molecule has 1 fully saturated rings. The van der Waals surface area contributed by atoms with Gasteiger partial charge in [-0.3, -0.25) is 14.4 Å². The predicted molar refractivity (Wildman–Crippen MR) is 147 cm³/mol. The highest BCUT2D eigenvalue weighted by Crippen LogP contribution is 2.20. The van der Waals surface area contributed by atoms with E-state index in [0.717, 1.165) is 31.9 Å². The van der Waals surface area contributed by atoms with Crippen LogP contribution in [0.5, 0.6) is 0 Å². The summed E-state index contributed by atoms with van der Waals surface area (Å²) in [4.78, 5) is 48.4. The molecule has 1 atom stereocenters. The van der Waals surface area contributed by atoms with Gasteiger partial charge in [-0.15, -0.1) is 0 Å². The third-order valence-corrected chi connectivity index (χ3v) is 6.82. The van der Waals surface area contributed by atoms with Crippen LogP contribution in [-0.4, -0.2) is 72.3 Å². The molecule has 1 saturated heterocycles. The Labute approximate surface area is 223 Å². The third-order valence-electron chi connectivity index (χ3n) is 6.82. The van der Waals surface area contributed by atoms with Crippen molar-refractivity contribution in [1.82, 2.24) is 20.5 Å². The fourth-order valence-corrected chi connectivity index (χ4v) is 4.52. The third kappa shape index (κ3) is 6.39. The highest BCUT2D eigenvalue weighted by Gasteiger charge is 2.36. The first-order valence-electron chi connectivity index (χ1n) is 13.1. The highest BCUT2D eigenvalue weighted by atomic mass is 16.4. The summed E-state index contributed by atoms with van der Waals surface area (Å²) in [6.45, 7) is 11.0. The second kappa shape index (κ2) is 11.3. The van der Waals surface area contributed by atoms with Crippen LogP contribution < -0.4 is 15.5 Å². The second-order valence-electron chi connectivity index (χ2n) is 10.9. The Morgan fingerprint density at radius 1 is 1.00 bits per heavy atom. The Morgan fingerprint density at radius 2 is 1.66 bits per heavy atom. The van der Waals surface area contributed by atoms with Crippen molar-refractivity contribution in [2.75, 3.05) is 38.1 Å². The summed E-state index contributed by atoms with van der Waals surface area (Å²) in [5.41, 5.74) is 1.34. The van der Waals surface area contributed by atoms with E-state index in [4.69, 9.17) is 4.42 Å². The molecule has 0 bridgehead atoms. The number of nitrogens with zero attached hydrogens (tertiary/aromatic N) is 3. The number of carbonyl (C=O) groups excluding carboxylic acids is 3. The Bertz CT molecular complexity index is 1260. The maximum Gasteiger partial charge on any atom is 0.266 e. The van der Waals surface area contributed by atoms with Crippen LogP contribution in [0.15, 0.2) is 52.9 Å². The Kier molecular flexibility index (Phi) is 8.16. The Balaban J connectivity index is 1.43.